The van der Waals surface area contributed by atoms with Gasteiger partial charge in [0.15, 0.2) is 0 Å². The summed E-state index contributed by atoms with van der Waals surface area (Å²) in [6.07, 6.45) is -2.10. The van der Waals surface area contributed by atoms with Crippen molar-refractivity contribution in [3.63, 3.8) is 0 Å². The Kier molecular flexibility index (Phi) is 2.33. The molecule has 1 aromatic rings. The molecule has 1 saturated heterocycles. The zero-order chi connectivity index (χ0) is 25.7. The molecule has 1 fully saturated rings. The van der Waals surface area contributed by atoms with Crippen LogP contribution in [0.4, 0.5) is 5.82 Å². The molecule has 2 heterocycles. The Morgan fingerprint density at radius 1 is 1.62 bits per heavy atom. The van der Waals surface area contributed by atoms with E-state index in [1.54, 1.807) is 0 Å². The molecule has 2 rings (SSSR count). The van der Waals surface area contributed by atoms with E-state index < -0.39 is 70.5 Å². The summed E-state index contributed by atoms with van der Waals surface area (Å²) in [5.41, 5.74) is -2.71. The first kappa shape index (κ1) is 6.66. The van der Waals surface area contributed by atoms with E-state index in [-0.39, 0.29) is 5.82 Å². The Morgan fingerprint density at radius 3 is 3.10 bits per heavy atom. The molecular formula is C13H24N4O3S. The molecule has 0 unspecified atom stereocenters. The first-order chi connectivity index (χ1) is 14.7. The molecule has 0 spiro atoms. The summed E-state index contributed by atoms with van der Waals surface area (Å²) in [6, 6.07) is 0. The standard InChI is InChI=1S/C13H24N4O3S/c1-13(2,3)14-8-10(18)9-20-12-11(15-21-16-12)17-4-6-19-7-5-17/h10,14,18H,4-9H2,1-3H3/t10-/m0/s1/i1D3,2D3,4D2,5D2,8D2. The van der Waals surface area contributed by atoms with Gasteiger partial charge in [-0.3, -0.25) is 0 Å². The zero-order valence-electron chi connectivity index (χ0n) is 23.2. The van der Waals surface area contributed by atoms with Gasteiger partial charge in [0, 0.05) is 36.0 Å². The van der Waals surface area contributed by atoms with Crippen molar-refractivity contribution in [1.82, 2.24) is 14.1 Å². The third-order valence-corrected chi connectivity index (χ3v) is 2.67. The number of hydrogen-bond acceptors (Lipinski definition) is 8. The number of hydrogen-bond donors (Lipinski definition) is 2. The molecule has 0 aliphatic carbocycles. The molecule has 1 atom stereocenters. The summed E-state index contributed by atoms with van der Waals surface area (Å²) in [5.74, 6) is -0.743. The summed E-state index contributed by atoms with van der Waals surface area (Å²) in [4.78, 5) is 0.669. The SMILES string of the molecule is [2H]C([2H])(NC(C)(C([2H])([2H])[2H])C([2H])([2H])[2H])[C@H](O)COc1nsnc1N1C([2H])([2H])COCC1([2H])[2H]. The van der Waals surface area contributed by atoms with Crippen LogP contribution in [0.15, 0.2) is 0 Å². The van der Waals surface area contributed by atoms with E-state index in [1.165, 1.54) is 0 Å². The summed E-state index contributed by atoms with van der Waals surface area (Å²) in [7, 11) is 0. The summed E-state index contributed by atoms with van der Waals surface area (Å²) >= 11 is 0.557. The van der Waals surface area contributed by atoms with Gasteiger partial charge < -0.3 is 24.8 Å². The Morgan fingerprint density at radius 2 is 2.38 bits per heavy atom. The summed E-state index contributed by atoms with van der Waals surface area (Å²) in [5, 5.41) is 12.2. The quantitative estimate of drug-likeness (QED) is 0.787. The highest BCUT2D eigenvalue weighted by molar-refractivity contribution is 6.99. The Balaban J connectivity index is 2.22. The maximum absolute atomic E-state index is 10.3. The van der Waals surface area contributed by atoms with Crippen molar-refractivity contribution >= 4 is 17.5 Å². The van der Waals surface area contributed by atoms with Gasteiger partial charge >= 0.3 is 0 Å². The zero-order valence-corrected chi connectivity index (χ0v) is 12.0. The van der Waals surface area contributed by atoms with Gasteiger partial charge in [0.2, 0.25) is 5.82 Å². The minimum absolute atomic E-state index is 0.339. The van der Waals surface area contributed by atoms with E-state index in [0.717, 1.165) is 6.92 Å². The highest BCUT2D eigenvalue weighted by Crippen LogP contribution is 2.26. The minimum Gasteiger partial charge on any atom is -0.472 e. The maximum atomic E-state index is 10.3. The number of nitrogens with one attached hydrogen (secondary N) is 1. The second-order valence-electron chi connectivity index (χ2n) is 4.26. The second kappa shape index (κ2) is 7.35. The third-order valence-electron chi connectivity index (χ3n) is 2.17. The van der Waals surface area contributed by atoms with Gasteiger partial charge in [-0.05, 0) is 20.6 Å². The Hall–Kier alpha value is -0.960. The van der Waals surface area contributed by atoms with Crippen LogP contribution in [0.1, 0.15) is 37.1 Å². The predicted molar refractivity (Wildman–Crippen MR) is 82.2 cm³/mol. The van der Waals surface area contributed by atoms with E-state index in [4.69, 9.17) is 25.9 Å². The number of aliphatic hydroxyl groups is 1. The van der Waals surface area contributed by atoms with Crippen LogP contribution in [-0.4, -0.2) is 64.8 Å². The second-order valence-corrected chi connectivity index (χ2v) is 4.79. The van der Waals surface area contributed by atoms with Crippen LogP contribution < -0.4 is 15.0 Å². The number of rotatable bonds is 6. The smallest absolute Gasteiger partial charge is 0.270 e. The molecule has 1 aliphatic heterocycles. The monoisotopic (exact) mass is 328 g/mol. The van der Waals surface area contributed by atoms with E-state index in [2.05, 4.69) is 8.75 Å². The van der Waals surface area contributed by atoms with Crippen LogP contribution in [0, 0.1) is 0 Å². The van der Waals surface area contributed by atoms with E-state index in [1.807, 2.05) is 5.32 Å². The molecule has 1 aliphatic rings. The van der Waals surface area contributed by atoms with Crippen molar-refractivity contribution in [2.75, 3.05) is 44.2 Å². The van der Waals surface area contributed by atoms with Crippen LogP contribution in [0.5, 0.6) is 5.88 Å². The molecule has 1 aromatic heterocycles. The number of anilines is 1. The van der Waals surface area contributed by atoms with E-state index in [0.29, 0.717) is 16.6 Å². The number of morpholine rings is 1. The number of aromatic nitrogens is 2. The van der Waals surface area contributed by atoms with Crippen molar-refractivity contribution in [3.05, 3.63) is 0 Å². The van der Waals surface area contributed by atoms with Crippen LogP contribution >= 0.6 is 11.7 Å². The summed E-state index contributed by atoms with van der Waals surface area (Å²) in [6.45, 7) is -14.9. The Labute approximate surface area is 146 Å². The van der Waals surface area contributed by atoms with Gasteiger partial charge in [0.25, 0.3) is 5.88 Å². The molecule has 0 saturated carbocycles. The first-order valence-corrected chi connectivity index (χ1v) is 6.70. The van der Waals surface area contributed by atoms with Crippen LogP contribution in [0.2, 0.25) is 0 Å². The highest BCUT2D eigenvalue weighted by atomic mass is 32.1. The van der Waals surface area contributed by atoms with Crippen molar-refractivity contribution in [2.24, 2.45) is 0 Å². The number of β-amino-alcohol motifs (C(OH)–C–C–N with tert-alkyl or cyclic N) is 1. The lowest BCUT2D eigenvalue weighted by Gasteiger charge is -2.27. The lowest BCUT2D eigenvalue weighted by atomic mass is 10.1. The first-order valence-electron chi connectivity index (χ1n) is 12.0. The van der Waals surface area contributed by atoms with Gasteiger partial charge in [0.1, 0.15) is 12.7 Å². The fourth-order valence-electron chi connectivity index (χ4n) is 1.31. The minimum atomic E-state index is -3.16. The van der Waals surface area contributed by atoms with Gasteiger partial charge in [0.05, 0.1) is 30.4 Å². The molecule has 2 N–H and O–H groups in total. The van der Waals surface area contributed by atoms with E-state index >= 15 is 0 Å². The van der Waals surface area contributed by atoms with E-state index in [9.17, 15) is 5.11 Å². The summed E-state index contributed by atoms with van der Waals surface area (Å²) < 4.78 is 111. The fourth-order valence-corrected chi connectivity index (χ4v) is 1.79. The van der Waals surface area contributed by atoms with Gasteiger partial charge in [-0.25, -0.2) is 0 Å². The molecule has 7 nitrogen and oxygen atoms in total. The normalized spacial score (nSPS) is 33.0. The maximum Gasteiger partial charge on any atom is 0.270 e. The largest absolute Gasteiger partial charge is 0.472 e. The average Bonchev–Trinajstić information content (AvgIpc) is 3.03. The topological polar surface area (TPSA) is 79.7 Å². The molecule has 0 amide bonds. The third kappa shape index (κ3) is 5.39. The number of aliphatic hydroxyl groups excluding tert-OH is 1. The predicted octanol–water partition coefficient (Wildman–Crippen LogP) is 0.502. The van der Waals surface area contributed by atoms with Crippen LogP contribution in [-0.2, 0) is 4.74 Å². The molecular weight excluding hydrogens is 292 g/mol. The van der Waals surface area contributed by atoms with Crippen molar-refractivity contribution in [2.45, 2.75) is 32.3 Å². The molecule has 0 radical (unpaired) electrons. The fraction of sp³-hybridized carbons (Fsp3) is 0.846. The molecule has 0 aromatic carbocycles. The van der Waals surface area contributed by atoms with Gasteiger partial charge in [-0.1, -0.05) is 0 Å². The molecule has 120 valence electrons. The number of nitrogens with zero attached hydrogens (tertiary/aromatic N) is 3. The average molecular weight is 329 g/mol. The van der Waals surface area contributed by atoms with Crippen LogP contribution in [0.25, 0.3) is 0 Å². The molecule has 8 heteroatoms. The highest BCUT2D eigenvalue weighted by Gasteiger charge is 2.21. The Bertz CT molecular complexity index is 800. The van der Waals surface area contributed by atoms with Crippen LogP contribution in [0.3, 0.4) is 0 Å². The van der Waals surface area contributed by atoms with Crippen molar-refractivity contribution in [1.29, 1.82) is 0 Å². The van der Waals surface area contributed by atoms with Crippen molar-refractivity contribution in [3.8, 4) is 5.88 Å². The van der Waals surface area contributed by atoms with Crippen molar-refractivity contribution < 1.29 is 31.0 Å². The van der Waals surface area contributed by atoms with Gasteiger partial charge in [-0.15, -0.1) is 4.37 Å². The molecule has 21 heavy (non-hydrogen) atoms. The lowest BCUT2D eigenvalue weighted by molar-refractivity contribution is 0.0975. The van der Waals surface area contributed by atoms with Gasteiger partial charge in [-0.2, -0.15) is 4.37 Å². The molecule has 0 bridgehead atoms. The lowest BCUT2D eigenvalue weighted by Crippen LogP contribution is -2.42. The number of ether oxygens (including phenoxy) is 2.